The van der Waals surface area contributed by atoms with E-state index in [4.69, 9.17) is 0 Å². The van der Waals surface area contributed by atoms with Crippen LogP contribution in [0.25, 0.3) is 0 Å². The quantitative estimate of drug-likeness (QED) is 0.453. The lowest BCUT2D eigenvalue weighted by Gasteiger charge is -2.44. The Labute approximate surface area is 207 Å². The molecule has 3 rings (SSSR count). The predicted octanol–water partition coefficient (Wildman–Crippen LogP) is 4.73. The number of hydrogen-bond acceptors (Lipinski definition) is 5. The minimum absolute atomic E-state index is 0.0470. The molecule has 3 saturated carbocycles. The van der Waals surface area contributed by atoms with Gasteiger partial charge in [0.05, 0.1) is 29.3 Å². The van der Waals surface area contributed by atoms with Crippen molar-refractivity contribution in [3.8, 4) is 0 Å². The summed E-state index contributed by atoms with van der Waals surface area (Å²) in [6.07, 6.45) is 10.2. The Morgan fingerprint density at radius 1 is 1.26 bits per heavy atom. The molecule has 3 fully saturated rings. The molecule has 0 aromatic carbocycles. The lowest BCUT2D eigenvalue weighted by molar-refractivity contribution is 0.0527. The van der Waals surface area contributed by atoms with Gasteiger partial charge in [0.25, 0.3) is 0 Å². The SMILES string of the molecule is C=C1/C(=C\C=C2/CCC[C@@]3(C)C2CCC3[C@@H](C)CS(=O)(=O)CCC(C)(O)CC)C[C@@H](O)C[C@@H]1O. The molecular weight excluding hydrogens is 448 g/mol. The number of hydrogen-bond donors (Lipinski definition) is 3. The Morgan fingerprint density at radius 3 is 2.65 bits per heavy atom. The van der Waals surface area contributed by atoms with E-state index >= 15 is 0 Å². The monoisotopic (exact) mass is 494 g/mol. The summed E-state index contributed by atoms with van der Waals surface area (Å²) in [5.41, 5.74) is 2.23. The number of aliphatic hydroxyl groups excluding tert-OH is 2. The van der Waals surface area contributed by atoms with E-state index in [0.29, 0.717) is 43.1 Å². The van der Waals surface area contributed by atoms with Gasteiger partial charge in [0.2, 0.25) is 0 Å². The maximum Gasteiger partial charge on any atom is 0.150 e. The number of sulfone groups is 1. The van der Waals surface area contributed by atoms with Crippen molar-refractivity contribution in [1.29, 1.82) is 0 Å². The first kappa shape index (κ1) is 27.6. The fourth-order valence-electron chi connectivity index (χ4n) is 6.83. The average molecular weight is 495 g/mol. The van der Waals surface area contributed by atoms with Gasteiger partial charge in [0.1, 0.15) is 0 Å². The van der Waals surface area contributed by atoms with Crippen LogP contribution in [0.5, 0.6) is 0 Å². The molecule has 0 aromatic heterocycles. The van der Waals surface area contributed by atoms with Crippen LogP contribution in [-0.2, 0) is 9.84 Å². The van der Waals surface area contributed by atoms with Crippen LogP contribution in [0.15, 0.2) is 35.5 Å². The Kier molecular flexibility index (Phi) is 8.60. The van der Waals surface area contributed by atoms with E-state index in [9.17, 15) is 23.7 Å². The van der Waals surface area contributed by atoms with E-state index in [-0.39, 0.29) is 22.8 Å². The zero-order valence-electron chi connectivity index (χ0n) is 21.6. The number of allylic oxidation sites excluding steroid dienone is 3. The molecule has 6 heteroatoms. The van der Waals surface area contributed by atoms with E-state index in [1.54, 1.807) is 6.92 Å². The molecular formula is C28H46O5S. The van der Waals surface area contributed by atoms with Crippen LogP contribution in [0.2, 0.25) is 0 Å². The van der Waals surface area contributed by atoms with Gasteiger partial charge < -0.3 is 15.3 Å². The lowest BCUT2D eigenvalue weighted by Crippen LogP contribution is -2.38. The highest BCUT2D eigenvalue weighted by Gasteiger charge is 2.51. The zero-order valence-corrected chi connectivity index (χ0v) is 22.4. The highest BCUT2D eigenvalue weighted by atomic mass is 32.2. The summed E-state index contributed by atoms with van der Waals surface area (Å²) in [5.74, 6) is 1.14. The molecule has 0 amide bonds. The van der Waals surface area contributed by atoms with Gasteiger partial charge in [-0.3, -0.25) is 0 Å². The van der Waals surface area contributed by atoms with Gasteiger partial charge in [0, 0.05) is 6.42 Å². The van der Waals surface area contributed by atoms with Gasteiger partial charge in [0.15, 0.2) is 9.84 Å². The van der Waals surface area contributed by atoms with Crippen LogP contribution in [0.1, 0.15) is 85.5 Å². The summed E-state index contributed by atoms with van der Waals surface area (Å²) in [5, 5.41) is 30.4. The predicted molar refractivity (Wildman–Crippen MR) is 138 cm³/mol. The maximum absolute atomic E-state index is 12.9. The largest absolute Gasteiger partial charge is 0.393 e. The topological polar surface area (TPSA) is 94.8 Å². The Balaban J connectivity index is 1.72. The molecule has 0 radical (unpaired) electrons. The summed E-state index contributed by atoms with van der Waals surface area (Å²) in [6.45, 7) is 12.1. The molecule has 0 bridgehead atoms. The van der Waals surface area contributed by atoms with Crippen molar-refractivity contribution in [2.24, 2.45) is 23.2 Å². The van der Waals surface area contributed by atoms with Crippen LogP contribution in [0.3, 0.4) is 0 Å². The van der Waals surface area contributed by atoms with E-state index in [1.165, 1.54) is 5.57 Å². The van der Waals surface area contributed by atoms with Crippen LogP contribution in [0, 0.1) is 23.2 Å². The third kappa shape index (κ3) is 6.24. The van der Waals surface area contributed by atoms with Gasteiger partial charge in [-0.2, -0.15) is 0 Å². The van der Waals surface area contributed by atoms with Crippen molar-refractivity contribution < 1.29 is 23.7 Å². The van der Waals surface area contributed by atoms with Gasteiger partial charge in [-0.25, -0.2) is 8.42 Å². The van der Waals surface area contributed by atoms with Crippen LogP contribution in [0.4, 0.5) is 0 Å². The Morgan fingerprint density at radius 2 is 1.97 bits per heavy atom. The van der Waals surface area contributed by atoms with Crippen molar-refractivity contribution >= 4 is 9.84 Å². The van der Waals surface area contributed by atoms with Crippen molar-refractivity contribution in [2.75, 3.05) is 11.5 Å². The molecule has 5 nitrogen and oxygen atoms in total. The normalized spacial score (nSPS) is 37.6. The molecule has 0 saturated heterocycles. The smallest absolute Gasteiger partial charge is 0.150 e. The van der Waals surface area contributed by atoms with E-state index in [0.717, 1.165) is 37.7 Å². The fourth-order valence-corrected chi connectivity index (χ4v) is 8.78. The standard InChI is InChI=1S/C28H46O5S/c1-6-27(4,31)14-15-34(32,33)18-19(2)24-11-12-25-21(8-7-13-28(24,25)5)9-10-22-16-23(29)17-26(30)20(22)3/h9-10,19,23-26,29-31H,3,6-8,11-18H2,1-2,4-5H3/b21-9+,22-10-/t19-,23+,24?,25?,26-,27?,28+/m0/s1. The Bertz CT molecular complexity index is 915. The first-order valence-electron chi connectivity index (χ1n) is 13.2. The fraction of sp³-hybridized carbons (Fsp3) is 0.786. The van der Waals surface area contributed by atoms with Gasteiger partial charge in [-0.05, 0) is 92.6 Å². The van der Waals surface area contributed by atoms with Crippen molar-refractivity contribution in [3.05, 3.63) is 35.5 Å². The van der Waals surface area contributed by atoms with Gasteiger partial charge in [-0.15, -0.1) is 0 Å². The highest BCUT2D eigenvalue weighted by molar-refractivity contribution is 7.91. The summed E-state index contributed by atoms with van der Waals surface area (Å²) >= 11 is 0. The highest BCUT2D eigenvalue weighted by Crippen LogP contribution is 2.59. The molecule has 0 spiro atoms. The molecule has 3 unspecified atom stereocenters. The van der Waals surface area contributed by atoms with Gasteiger partial charge in [-0.1, -0.05) is 45.1 Å². The van der Waals surface area contributed by atoms with Crippen molar-refractivity contribution in [1.82, 2.24) is 0 Å². The summed E-state index contributed by atoms with van der Waals surface area (Å²) in [7, 11) is -3.22. The minimum atomic E-state index is -3.22. The van der Waals surface area contributed by atoms with Crippen LogP contribution in [-0.4, -0.2) is 53.1 Å². The first-order chi connectivity index (χ1) is 15.8. The average Bonchev–Trinajstić information content (AvgIpc) is 3.11. The number of fused-ring (bicyclic) bond motifs is 1. The Hall–Kier alpha value is -0.950. The van der Waals surface area contributed by atoms with E-state index < -0.39 is 27.6 Å². The number of rotatable bonds is 8. The third-order valence-electron chi connectivity index (χ3n) is 9.22. The van der Waals surface area contributed by atoms with Gasteiger partial charge >= 0.3 is 0 Å². The second-order valence-corrected chi connectivity index (χ2v) is 14.1. The minimum Gasteiger partial charge on any atom is -0.393 e. The summed E-state index contributed by atoms with van der Waals surface area (Å²) in [4.78, 5) is 0. The van der Waals surface area contributed by atoms with Crippen molar-refractivity contribution in [3.63, 3.8) is 0 Å². The number of aliphatic hydroxyl groups is 3. The summed E-state index contributed by atoms with van der Waals surface area (Å²) < 4.78 is 25.7. The molecule has 3 aliphatic rings. The lowest BCUT2D eigenvalue weighted by atomic mass is 9.61. The van der Waals surface area contributed by atoms with E-state index in [1.807, 2.05) is 6.92 Å². The summed E-state index contributed by atoms with van der Waals surface area (Å²) in [6, 6.07) is 0. The van der Waals surface area contributed by atoms with E-state index in [2.05, 4.69) is 32.6 Å². The molecule has 3 N–H and O–H groups in total. The van der Waals surface area contributed by atoms with Crippen LogP contribution >= 0.6 is 0 Å². The molecule has 0 heterocycles. The molecule has 3 aliphatic carbocycles. The molecule has 0 aromatic rings. The van der Waals surface area contributed by atoms with Crippen LogP contribution < -0.4 is 0 Å². The molecule has 34 heavy (non-hydrogen) atoms. The molecule has 0 aliphatic heterocycles. The third-order valence-corrected chi connectivity index (χ3v) is 11.1. The second kappa shape index (κ2) is 10.6. The zero-order chi connectivity index (χ0) is 25.3. The first-order valence-corrected chi connectivity index (χ1v) is 15.0. The van der Waals surface area contributed by atoms with Crippen molar-refractivity contribution in [2.45, 2.75) is 103 Å². The maximum atomic E-state index is 12.9. The molecule has 194 valence electrons. The second-order valence-electron chi connectivity index (χ2n) is 11.9. The molecule has 7 atom stereocenters.